The van der Waals surface area contributed by atoms with E-state index in [4.69, 9.17) is 4.74 Å². The molecule has 1 aromatic carbocycles. The SMILES string of the molecule is CNC(C)CNC(=O)c1cccc(OC2CCCC2)c1.Cl. The van der Waals surface area contributed by atoms with Crippen molar-refractivity contribution in [3.63, 3.8) is 0 Å². The molecular weight excluding hydrogens is 288 g/mol. The summed E-state index contributed by atoms with van der Waals surface area (Å²) in [6, 6.07) is 7.71. The van der Waals surface area contributed by atoms with Crippen molar-refractivity contribution in [3.05, 3.63) is 29.8 Å². The summed E-state index contributed by atoms with van der Waals surface area (Å²) in [5.41, 5.74) is 0.656. The smallest absolute Gasteiger partial charge is 0.251 e. The van der Waals surface area contributed by atoms with Gasteiger partial charge in [-0.05, 0) is 57.9 Å². The lowest BCUT2D eigenvalue weighted by Crippen LogP contribution is -2.37. The zero-order valence-electron chi connectivity index (χ0n) is 12.7. The van der Waals surface area contributed by atoms with Crippen LogP contribution in [-0.4, -0.2) is 31.6 Å². The third kappa shape index (κ3) is 5.56. The van der Waals surface area contributed by atoms with Crippen LogP contribution >= 0.6 is 12.4 Å². The highest BCUT2D eigenvalue weighted by Gasteiger charge is 2.17. The minimum atomic E-state index is -0.0519. The summed E-state index contributed by atoms with van der Waals surface area (Å²) in [6.07, 6.45) is 5.05. The first-order valence-corrected chi connectivity index (χ1v) is 7.41. The summed E-state index contributed by atoms with van der Waals surface area (Å²) in [5.74, 6) is 0.746. The topological polar surface area (TPSA) is 50.4 Å². The number of amides is 1. The third-order valence-electron chi connectivity index (χ3n) is 3.76. The first kappa shape index (κ1) is 17.8. The Hall–Kier alpha value is -1.26. The number of halogens is 1. The number of ether oxygens (including phenoxy) is 1. The van der Waals surface area contributed by atoms with E-state index >= 15 is 0 Å². The van der Waals surface area contributed by atoms with Gasteiger partial charge in [0.2, 0.25) is 0 Å². The van der Waals surface area contributed by atoms with Gasteiger partial charge < -0.3 is 15.4 Å². The van der Waals surface area contributed by atoms with Gasteiger partial charge in [-0.15, -0.1) is 12.4 Å². The number of carbonyl (C=O) groups excluding carboxylic acids is 1. The molecule has 0 radical (unpaired) electrons. The molecule has 0 aromatic heterocycles. The van der Waals surface area contributed by atoms with Gasteiger partial charge in [-0.1, -0.05) is 6.07 Å². The van der Waals surface area contributed by atoms with Crippen molar-refractivity contribution in [1.29, 1.82) is 0 Å². The van der Waals surface area contributed by atoms with Gasteiger partial charge in [0.1, 0.15) is 5.75 Å². The molecule has 1 unspecified atom stereocenters. The maximum Gasteiger partial charge on any atom is 0.251 e. The first-order chi connectivity index (χ1) is 9.69. The molecule has 1 aromatic rings. The molecule has 21 heavy (non-hydrogen) atoms. The van der Waals surface area contributed by atoms with Crippen molar-refractivity contribution >= 4 is 18.3 Å². The van der Waals surface area contributed by atoms with Crippen LogP contribution in [-0.2, 0) is 0 Å². The molecule has 2 N–H and O–H groups in total. The van der Waals surface area contributed by atoms with Crippen LogP contribution in [0.2, 0.25) is 0 Å². The van der Waals surface area contributed by atoms with E-state index in [9.17, 15) is 4.79 Å². The Kier molecular flexibility index (Phi) is 7.54. The predicted molar refractivity (Wildman–Crippen MR) is 87.4 cm³/mol. The van der Waals surface area contributed by atoms with E-state index in [0.717, 1.165) is 18.6 Å². The Morgan fingerprint density at radius 3 is 2.76 bits per heavy atom. The average Bonchev–Trinajstić information content (AvgIpc) is 2.97. The van der Waals surface area contributed by atoms with Gasteiger partial charge in [-0.3, -0.25) is 4.79 Å². The van der Waals surface area contributed by atoms with E-state index in [1.165, 1.54) is 12.8 Å². The number of likely N-dealkylation sites (N-methyl/N-ethyl adjacent to an activating group) is 1. The average molecular weight is 313 g/mol. The number of benzene rings is 1. The van der Waals surface area contributed by atoms with Crippen LogP contribution in [0.3, 0.4) is 0 Å². The zero-order chi connectivity index (χ0) is 14.4. The number of hydrogen-bond acceptors (Lipinski definition) is 3. The predicted octanol–water partition coefficient (Wildman–Crippen LogP) is 2.77. The largest absolute Gasteiger partial charge is 0.490 e. The zero-order valence-corrected chi connectivity index (χ0v) is 13.5. The molecule has 2 rings (SSSR count). The Morgan fingerprint density at radius 1 is 1.38 bits per heavy atom. The van der Waals surface area contributed by atoms with E-state index in [1.807, 2.05) is 38.2 Å². The molecule has 1 aliphatic rings. The van der Waals surface area contributed by atoms with E-state index in [1.54, 1.807) is 0 Å². The molecule has 0 bridgehead atoms. The van der Waals surface area contributed by atoms with Gasteiger partial charge in [0.05, 0.1) is 6.10 Å². The van der Waals surface area contributed by atoms with Crippen molar-refractivity contribution in [2.45, 2.75) is 44.8 Å². The van der Waals surface area contributed by atoms with Crippen molar-refractivity contribution in [2.75, 3.05) is 13.6 Å². The molecule has 1 fully saturated rings. The highest BCUT2D eigenvalue weighted by atomic mass is 35.5. The van der Waals surface area contributed by atoms with Gasteiger partial charge in [0, 0.05) is 18.2 Å². The van der Waals surface area contributed by atoms with Gasteiger partial charge >= 0.3 is 0 Å². The molecule has 0 saturated heterocycles. The lowest BCUT2D eigenvalue weighted by atomic mass is 10.2. The van der Waals surface area contributed by atoms with Gasteiger partial charge in [-0.2, -0.15) is 0 Å². The van der Waals surface area contributed by atoms with Gasteiger partial charge in [0.25, 0.3) is 5.91 Å². The molecule has 0 aliphatic heterocycles. The normalized spacial score (nSPS) is 16.1. The van der Waals surface area contributed by atoms with Crippen LogP contribution in [0.15, 0.2) is 24.3 Å². The molecule has 118 valence electrons. The van der Waals surface area contributed by atoms with Crippen molar-refractivity contribution in [3.8, 4) is 5.75 Å². The maximum atomic E-state index is 12.1. The molecule has 0 heterocycles. The molecule has 1 aliphatic carbocycles. The summed E-state index contributed by atoms with van der Waals surface area (Å²) in [5, 5.41) is 6.01. The summed E-state index contributed by atoms with van der Waals surface area (Å²) in [7, 11) is 1.88. The van der Waals surface area contributed by atoms with Crippen molar-refractivity contribution in [1.82, 2.24) is 10.6 Å². The second kappa shape index (κ2) is 8.90. The van der Waals surface area contributed by atoms with E-state index in [-0.39, 0.29) is 24.4 Å². The minimum absolute atomic E-state index is 0. The summed E-state index contributed by atoms with van der Waals surface area (Å²) >= 11 is 0. The van der Waals surface area contributed by atoms with Gasteiger partial charge in [0.15, 0.2) is 0 Å². The summed E-state index contributed by atoms with van der Waals surface area (Å²) in [6.45, 7) is 2.64. The van der Waals surface area contributed by atoms with Crippen molar-refractivity contribution in [2.24, 2.45) is 0 Å². The van der Waals surface area contributed by atoms with E-state index in [2.05, 4.69) is 10.6 Å². The molecule has 1 atom stereocenters. The number of rotatable bonds is 6. The first-order valence-electron chi connectivity index (χ1n) is 7.41. The van der Waals surface area contributed by atoms with Gasteiger partial charge in [-0.25, -0.2) is 0 Å². The Labute approximate surface area is 133 Å². The second-order valence-corrected chi connectivity index (χ2v) is 5.45. The maximum absolute atomic E-state index is 12.1. The Balaban J connectivity index is 0.00000220. The van der Waals surface area contributed by atoms with Crippen LogP contribution in [0, 0.1) is 0 Å². The Bertz CT molecular complexity index is 448. The number of nitrogens with one attached hydrogen (secondary N) is 2. The molecular formula is C16H25ClN2O2. The van der Waals surface area contributed by atoms with Crippen molar-refractivity contribution < 1.29 is 9.53 Å². The lowest BCUT2D eigenvalue weighted by Gasteiger charge is -2.14. The number of carbonyl (C=O) groups is 1. The minimum Gasteiger partial charge on any atom is -0.490 e. The van der Waals surface area contributed by atoms with Crippen LogP contribution < -0.4 is 15.4 Å². The number of hydrogen-bond donors (Lipinski definition) is 2. The highest BCUT2D eigenvalue weighted by Crippen LogP contribution is 2.24. The molecule has 4 nitrogen and oxygen atoms in total. The molecule has 0 spiro atoms. The van der Waals surface area contributed by atoms with E-state index in [0.29, 0.717) is 18.2 Å². The molecule has 5 heteroatoms. The quantitative estimate of drug-likeness (QED) is 0.849. The fraction of sp³-hybridized carbons (Fsp3) is 0.562. The van der Waals surface area contributed by atoms with Crippen LogP contribution in [0.1, 0.15) is 43.0 Å². The monoisotopic (exact) mass is 312 g/mol. The van der Waals surface area contributed by atoms with E-state index < -0.39 is 0 Å². The standard InChI is InChI=1S/C16H24N2O2.ClH/c1-12(17-2)11-18-16(19)13-6-5-9-15(10-13)20-14-7-3-4-8-14;/h5-6,9-10,12,14,17H,3-4,7-8,11H2,1-2H3,(H,18,19);1H. The Morgan fingerprint density at radius 2 is 2.10 bits per heavy atom. The molecule has 1 amide bonds. The van der Waals surface area contributed by atoms with Crippen LogP contribution in [0.4, 0.5) is 0 Å². The van der Waals surface area contributed by atoms with Crippen LogP contribution in [0.5, 0.6) is 5.75 Å². The fourth-order valence-corrected chi connectivity index (χ4v) is 2.36. The molecule has 1 saturated carbocycles. The third-order valence-corrected chi connectivity index (χ3v) is 3.76. The lowest BCUT2D eigenvalue weighted by molar-refractivity contribution is 0.0949. The summed E-state index contributed by atoms with van der Waals surface area (Å²) < 4.78 is 5.92. The second-order valence-electron chi connectivity index (χ2n) is 5.45. The summed E-state index contributed by atoms with van der Waals surface area (Å²) in [4.78, 5) is 12.1. The highest BCUT2D eigenvalue weighted by molar-refractivity contribution is 5.94. The fourth-order valence-electron chi connectivity index (χ4n) is 2.36. The van der Waals surface area contributed by atoms with Crippen LogP contribution in [0.25, 0.3) is 0 Å².